The van der Waals surface area contributed by atoms with E-state index in [-0.39, 0.29) is 37.4 Å². The molecule has 1 fully saturated rings. The number of phosphoric acid groups is 1. The number of nitrogens with zero attached hydrogens (tertiary/aromatic N) is 6. The topological polar surface area (TPSA) is 195 Å². The summed E-state index contributed by atoms with van der Waals surface area (Å²) in [5.41, 5.74) is 2.01. The second-order valence-electron chi connectivity index (χ2n) is 12.8. The summed E-state index contributed by atoms with van der Waals surface area (Å²) in [5, 5.41) is 21.9. The van der Waals surface area contributed by atoms with Gasteiger partial charge in [-0.25, -0.2) is 24.5 Å². The van der Waals surface area contributed by atoms with E-state index in [0.717, 1.165) is 16.7 Å². The number of ether oxygens (including phenoxy) is 4. The maximum Gasteiger partial charge on any atom is 0.472 e. The van der Waals surface area contributed by atoms with E-state index in [4.69, 9.17) is 33.3 Å². The molecule has 292 valence electrons. The Hall–Kier alpha value is -5.98. The predicted octanol–water partition coefficient (Wildman–Crippen LogP) is 5.99. The predicted molar refractivity (Wildman–Crippen MR) is 206 cm³/mol. The van der Waals surface area contributed by atoms with Crippen molar-refractivity contribution in [1.29, 1.82) is 5.26 Å². The highest BCUT2D eigenvalue weighted by atomic mass is 31.2. The molecule has 4 atom stereocenters. The fraction of sp³-hybridized carbons (Fsp3) is 0.244. The van der Waals surface area contributed by atoms with Crippen molar-refractivity contribution in [2.75, 3.05) is 27.4 Å². The van der Waals surface area contributed by atoms with E-state index in [1.165, 1.54) is 12.7 Å². The summed E-state index contributed by atoms with van der Waals surface area (Å²) in [4.78, 5) is 28.1. The monoisotopic (exact) mass is 789 g/mol. The molecular formula is C41H38N6O9P-. The van der Waals surface area contributed by atoms with Crippen LogP contribution < -0.4 is 14.6 Å². The van der Waals surface area contributed by atoms with E-state index < -0.39 is 37.8 Å². The first kappa shape index (κ1) is 39.3. The molecule has 2 aromatic heterocycles. The molecule has 1 aliphatic heterocycles. The first-order valence-electron chi connectivity index (χ1n) is 17.9. The minimum absolute atomic E-state index is 0.0362. The second kappa shape index (κ2) is 17.4. The smallest absolute Gasteiger partial charge is 0.472 e. The minimum atomic E-state index is -4.69. The zero-order chi connectivity index (χ0) is 39.8. The summed E-state index contributed by atoms with van der Waals surface area (Å²) in [6.45, 7) is -0.467. The van der Waals surface area contributed by atoms with Gasteiger partial charge in [-0.05, 0) is 52.4 Å². The highest BCUT2D eigenvalue weighted by molar-refractivity contribution is 7.47. The van der Waals surface area contributed by atoms with Crippen LogP contribution in [0.4, 0.5) is 5.82 Å². The number of hydrogen-bond donors (Lipinski definition) is 1. The molecule has 6 aromatic rings. The van der Waals surface area contributed by atoms with Crippen molar-refractivity contribution in [3.63, 3.8) is 0 Å². The lowest BCUT2D eigenvalue weighted by atomic mass is 9.80. The van der Waals surface area contributed by atoms with Crippen LogP contribution in [0.1, 0.15) is 41.3 Å². The van der Waals surface area contributed by atoms with Crippen molar-refractivity contribution < 1.29 is 42.6 Å². The second-order valence-corrected chi connectivity index (χ2v) is 14.2. The molecule has 7 rings (SSSR count). The average Bonchev–Trinajstić information content (AvgIpc) is 3.86. The van der Waals surface area contributed by atoms with Crippen LogP contribution in [0.3, 0.4) is 0 Å². The number of hydrogen-bond acceptors (Lipinski definition) is 13. The van der Waals surface area contributed by atoms with Gasteiger partial charge in [0, 0.05) is 6.42 Å². The largest absolute Gasteiger partial charge is 0.858 e. The maximum absolute atomic E-state index is 13.2. The Bertz CT molecular complexity index is 2340. The van der Waals surface area contributed by atoms with Gasteiger partial charge in [-0.15, -0.1) is 0 Å². The van der Waals surface area contributed by atoms with E-state index in [2.05, 4.69) is 19.9 Å². The van der Waals surface area contributed by atoms with E-state index in [1.807, 2.05) is 84.9 Å². The van der Waals surface area contributed by atoms with Gasteiger partial charge in [0.1, 0.15) is 41.9 Å². The molecule has 1 unspecified atom stereocenters. The summed E-state index contributed by atoms with van der Waals surface area (Å²) in [5.74, 6) is 0.866. The Morgan fingerprint density at radius 2 is 1.54 bits per heavy atom. The van der Waals surface area contributed by atoms with Crippen molar-refractivity contribution >= 4 is 30.7 Å². The van der Waals surface area contributed by atoms with Crippen LogP contribution in [0.2, 0.25) is 0 Å². The van der Waals surface area contributed by atoms with Crippen molar-refractivity contribution in [3.8, 4) is 17.6 Å². The van der Waals surface area contributed by atoms with Crippen LogP contribution in [0.5, 0.6) is 11.5 Å². The Morgan fingerprint density at radius 1 is 0.930 bits per heavy atom. The van der Waals surface area contributed by atoms with Gasteiger partial charge in [-0.1, -0.05) is 84.9 Å². The molecule has 1 aliphatic rings. The van der Waals surface area contributed by atoms with Crippen LogP contribution in [0.25, 0.3) is 11.2 Å². The number of phosphoric ester groups is 1. The van der Waals surface area contributed by atoms with Crippen molar-refractivity contribution in [3.05, 3.63) is 144 Å². The quantitative estimate of drug-likeness (QED) is 0.0395. The number of methoxy groups -OCH3 is 2. The van der Waals surface area contributed by atoms with Crippen LogP contribution in [-0.2, 0) is 28.7 Å². The summed E-state index contributed by atoms with van der Waals surface area (Å²) >= 11 is 0. The SMILES string of the molecule is COc1ccc(C(OC[C@H]2O[C@@H](n3cnc4c(N=C([O-])c5ccccc5)ncnc43)C[C@@H]2OP(=O)(O)OCCC#N)(c2ccccc2)c2ccc(OC)cc2)cc1. The number of rotatable bonds is 16. The Kier molecular flexibility index (Phi) is 12.0. The standard InChI is InChI=1S/C41H39N6O9P/c1-51-32-18-14-30(15-19-32)41(29-12-7-4-8-13-29,31-16-20-33(52-2)21-17-31)53-25-35-34(56-57(49,50)54-23-9-22-42)24-36(55-35)47-27-45-37-38(43-26-44-39(37)47)46-40(48)28-10-5-3-6-11-28/h3-8,10-21,26-27,34-36H,9,23-25H2,1-2H3,(H,49,50)(H,43,44,46,48)/p-1/t34-,35+,36+/m0/s1. The van der Waals surface area contributed by atoms with Crippen LogP contribution in [-0.4, -0.2) is 70.0 Å². The summed E-state index contributed by atoms with van der Waals surface area (Å²) in [6.07, 6.45) is -0.198. The molecule has 0 saturated carbocycles. The highest BCUT2D eigenvalue weighted by Gasteiger charge is 2.45. The normalized spacial score (nSPS) is 18.2. The van der Waals surface area contributed by atoms with Gasteiger partial charge in [0.25, 0.3) is 0 Å². The lowest BCUT2D eigenvalue weighted by Crippen LogP contribution is -2.38. The molecule has 0 bridgehead atoms. The van der Waals surface area contributed by atoms with Gasteiger partial charge in [0.15, 0.2) is 17.0 Å². The van der Waals surface area contributed by atoms with Crippen molar-refractivity contribution in [2.24, 2.45) is 4.99 Å². The molecule has 16 heteroatoms. The number of aromatic nitrogens is 4. The Balaban J connectivity index is 1.26. The third-order valence-corrected chi connectivity index (χ3v) is 10.5. The minimum Gasteiger partial charge on any atom is -0.858 e. The number of nitriles is 1. The third kappa shape index (κ3) is 8.57. The number of benzene rings is 4. The van der Waals surface area contributed by atoms with Crippen molar-refractivity contribution in [1.82, 2.24) is 19.5 Å². The molecule has 0 radical (unpaired) electrons. The molecule has 0 aliphatic carbocycles. The number of aliphatic imine (C=N–C) groups is 1. The van der Waals surface area contributed by atoms with Gasteiger partial charge in [-0.3, -0.25) is 13.6 Å². The highest BCUT2D eigenvalue weighted by Crippen LogP contribution is 2.49. The third-order valence-electron chi connectivity index (χ3n) is 9.43. The molecule has 0 amide bonds. The average molecular weight is 790 g/mol. The summed E-state index contributed by atoms with van der Waals surface area (Å²) in [6, 6.07) is 35.1. The van der Waals surface area contributed by atoms with Crippen LogP contribution in [0.15, 0.2) is 127 Å². The van der Waals surface area contributed by atoms with Gasteiger partial charge < -0.3 is 28.9 Å². The van der Waals surface area contributed by atoms with Gasteiger partial charge in [0.2, 0.25) is 0 Å². The first-order valence-corrected chi connectivity index (χ1v) is 19.4. The fourth-order valence-corrected chi connectivity index (χ4v) is 7.64. The van der Waals surface area contributed by atoms with Crippen LogP contribution in [0, 0.1) is 11.3 Å². The maximum atomic E-state index is 13.2. The zero-order valence-electron chi connectivity index (χ0n) is 31.0. The lowest BCUT2D eigenvalue weighted by Gasteiger charge is -2.37. The molecule has 0 spiro atoms. The van der Waals surface area contributed by atoms with E-state index in [0.29, 0.717) is 22.7 Å². The molecule has 3 heterocycles. The van der Waals surface area contributed by atoms with E-state index in [9.17, 15) is 14.6 Å². The van der Waals surface area contributed by atoms with E-state index in [1.54, 1.807) is 49.1 Å². The van der Waals surface area contributed by atoms with Gasteiger partial charge >= 0.3 is 7.82 Å². The summed E-state index contributed by atoms with van der Waals surface area (Å²) < 4.78 is 50.4. The Morgan fingerprint density at radius 3 is 2.16 bits per heavy atom. The molecule has 57 heavy (non-hydrogen) atoms. The first-order chi connectivity index (χ1) is 27.7. The molecule has 4 aromatic carbocycles. The van der Waals surface area contributed by atoms with E-state index >= 15 is 0 Å². The molecule has 1 saturated heterocycles. The number of imidazole rings is 1. The molecule has 1 N–H and O–H groups in total. The van der Waals surface area contributed by atoms with Gasteiger partial charge in [0.05, 0.1) is 46.3 Å². The molecule has 15 nitrogen and oxygen atoms in total. The van der Waals surface area contributed by atoms with Crippen molar-refractivity contribution in [2.45, 2.75) is 36.9 Å². The van der Waals surface area contributed by atoms with Gasteiger partial charge in [-0.2, -0.15) is 5.26 Å². The summed E-state index contributed by atoms with van der Waals surface area (Å²) in [7, 11) is -1.51. The molecular weight excluding hydrogens is 751 g/mol. The lowest BCUT2D eigenvalue weighted by molar-refractivity contribution is -0.212. The Labute approximate surface area is 328 Å². The fourth-order valence-electron chi connectivity index (χ4n) is 6.70. The zero-order valence-corrected chi connectivity index (χ0v) is 31.8. The number of fused-ring (bicyclic) bond motifs is 1. The van der Waals surface area contributed by atoms with Crippen LogP contribution >= 0.6 is 7.82 Å².